The molecule has 0 aromatic carbocycles. The fourth-order valence-electron chi connectivity index (χ4n) is 2.74. The SMILES string of the molecule is CC1(C)CN(S(=O)(=O)C2CCOCC2)CC(CN)O1. The fraction of sp³-hybridized carbons (Fsp3) is 1.00. The number of sulfonamides is 1. The van der Waals surface area contributed by atoms with Gasteiger partial charge in [-0.1, -0.05) is 0 Å². The lowest BCUT2D eigenvalue weighted by Crippen LogP contribution is -2.58. The van der Waals surface area contributed by atoms with Crippen molar-refractivity contribution in [2.45, 2.75) is 43.6 Å². The molecule has 0 spiro atoms. The molecule has 2 saturated heterocycles. The van der Waals surface area contributed by atoms with E-state index in [1.165, 1.54) is 0 Å². The van der Waals surface area contributed by atoms with E-state index in [0.29, 0.717) is 45.7 Å². The van der Waals surface area contributed by atoms with Crippen molar-refractivity contribution in [1.82, 2.24) is 4.31 Å². The van der Waals surface area contributed by atoms with Gasteiger partial charge in [-0.25, -0.2) is 8.42 Å². The fourth-order valence-corrected chi connectivity index (χ4v) is 4.82. The third kappa shape index (κ3) is 3.46. The lowest BCUT2D eigenvalue weighted by molar-refractivity contribution is -0.113. The molecule has 0 radical (unpaired) electrons. The molecular formula is C12H24N2O4S. The van der Waals surface area contributed by atoms with Crippen LogP contribution in [0.5, 0.6) is 0 Å². The normalized spacial score (nSPS) is 30.4. The number of nitrogens with two attached hydrogens (primary N) is 1. The van der Waals surface area contributed by atoms with Gasteiger partial charge in [0.05, 0.1) is 17.0 Å². The number of morpholine rings is 1. The molecule has 0 amide bonds. The average Bonchev–Trinajstić information content (AvgIpc) is 2.37. The van der Waals surface area contributed by atoms with Crippen LogP contribution >= 0.6 is 0 Å². The molecule has 0 bridgehead atoms. The Morgan fingerprint density at radius 1 is 1.32 bits per heavy atom. The molecule has 7 heteroatoms. The minimum Gasteiger partial charge on any atom is -0.381 e. The van der Waals surface area contributed by atoms with Crippen LogP contribution in [0.2, 0.25) is 0 Å². The van der Waals surface area contributed by atoms with E-state index >= 15 is 0 Å². The minimum absolute atomic E-state index is 0.224. The first-order chi connectivity index (χ1) is 8.85. The lowest BCUT2D eigenvalue weighted by atomic mass is 10.1. The van der Waals surface area contributed by atoms with Gasteiger partial charge in [0.25, 0.3) is 0 Å². The van der Waals surface area contributed by atoms with Crippen molar-refractivity contribution in [3.63, 3.8) is 0 Å². The zero-order valence-corrected chi connectivity index (χ0v) is 12.5. The van der Waals surface area contributed by atoms with E-state index in [2.05, 4.69) is 0 Å². The summed E-state index contributed by atoms with van der Waals surface area (Å²) < 4.78 is 37.9. The monoisotopic (exact) mass is 292 g/mol. The third-order valence-electron chi connectivity index (χ3n) is 3.66. The Balaban J connectivity index is 2.14. The van der Waals surface area contributed by atoms with Crippen LogP contribution in [-0.2, 0) is 19.5 Å². The summed E-state index contributed by atoms with van der Waals surface area (Å²) in [6.07, 6.45) is 0.930. The van der Waals surface area contributed by atoms with Gasteiger partial charge in [-0.2, -0.15) is 4.31 Å². The van der Waals surface area contributed by atoms with Crippen LogP contribution in [0.25, 0.3) is 0 Å². The molecule has 19 heavy (non-hydrogen) atoms. The molecule has 2 fully saturated rings. The number of ether oxygens (including phenoxy) is 2. The van der Waals surface area contributed by atoms with Gasteiger partial charge in [0.2, 0.25) is 10.0 Å². The zero-order valence-electron chi connectivity index (χ0n) is 11.7. The number of rotatable bonds is 3. The first kappa shape index (κ1) is 15.2. The molecular weight excluding hydrogens is 268 g/mol. The van der Waals surface area contributed by atoms with Crippen molar-refractivity contribution in [2.75, 3.05) is 32.8 Å². The van der Waals surface area contributed by atoms with E-state index in [4.69, 9.17) is 15.2 Å². The molecule has 6 nitrogen and oxygen atoms in total. The molecule has 0 aliphatic carbocycles. The van der Waals surface area contributed by atoms with Crippen molar-refractivity contribution in [3.8, 4) is 0 Å². The van der Waals surface area contributed by atoms with E-state index in [0.717, 1.165) is 0 Å². The summed E-state index contributed by atoms with van der Waals surface area (Å²) in [6, 6.07) is 0. The highest BCUT2D eigenvalue weighted by Gasteiger charge is 2.41. The molecule has 112 valence electrons. The predicted octanol–water partition coefficient (Wildman–Crippen LogP) is -0.0667. The van der Waals surface area contributed by atoms with Crippen LogP contribution in [0.4, 0.5) is 0 Å². The highest BCUT2D eigenvalue weighted by Crippen LogP contribution is 2.27. The molecule has 0 saturated carbocycles. The van der Waals surface area contributed by atoms with Crippen LogP contribution in [0, 0.1) is 0 Å². The Morgan fingerprint density at radius 3 is 2.53 bits per heavy atom. The summed E-state index contributed by atoms with van der Waals surface area (Å²) in [7, 11) is -3.28. The largest absolute Gasteiger partial charge is 0.381 e. The Morgan fingerprint density at radius 2 is 1.95 bits per heavy atom. The van der Waals surface area contributed by atoms with Crippen molar-refractivity contribution in [1.29, 1.82) is 0 Å². The van der Waals surface area contributed by atoms with Gasteiger partial charge in [-0.05, 0) is 26.7 Å². The van der Waals surface area contributed by atoms with Crippen molar-refractivity contribution >= 4 is 10.0 Å². The van der Waals surface area contributed by atoms with Gasteiger partial charge in [-0.15, -0.1) is 0 Å². The van der Waals surface area contributed by atoms with E-state index in [-0.39, 0.29) is 11.4 Å². The van der Waals surface area contributed by atoms with E-state index in [9.17, 15) is 8.42 Å². The van der Waals surface area contributed by atoms with E-state index in [1.807, 2.05) is 13.8 Å². The maximum Gasteiger partial charge on any atom is 0.217 e. The zero-order chi connectivity index (χ0) is 14.1. The first-order valence-electron chi connectivity index (χ1n) is 6.80. The Hall–Kier alpha value is -0.210. The smallest absolute Gasteiger partial charge is 0.217 e. The van der Waals surface area contributed by atoms with Crippen molar-refractivity contribution in [2.24, 2.45) is 5.73 Å². The second-order valence-corrected chi connectivity index (χ2v) is 8.10. The number of hydrogen-bond donors (Lipinski definition) is 1. The predicted molar refractivity (Wildman–Crippen MR) is 72.3 cm³/mol. The van der Waals surface area contributed by atoms with Crippen LogP contribution in [-0.4, -0.2) is 62.5 Å². The van der Waals surface area contributed by atoms with E-state index in [1.54, 1.807) is 4.31 Å². The number of nitrogens with zero attached hydrogens (tertiary/aromatic N) is 1. The van der Waals surface area contributed by atoms with Crippen molar-refractivity contribution in [3.05, 3.63) is 0 Å². The van der Waals surface area contributed by atoms with Gasteiger partial charge in [0.1, 0.15) is 0 Å². The van der Waals surface area contributed by atoms with Crippen LogP contribution in [0.1, 0.15) is 26.7 Å². The molecule has 1 atom stereocenters. The highest BCUT2D eigenvalue weighted by atomic mass is 32.2. The molecule has 2 aliphatic rings. The summed E-state index contributed by atoms with van der Waals surface area (Å²) >= 11 is 0. The standard InChI is InChI=1S/C12H24N2O4S/c1-12(2)9-14(8-10(7-13)18-12)19(15,16)11-3-5-17-6-4-11/h10-11H,3-9,13H2,1-2H3. The quantitative estimate of drug-likeness (QED) is 0.787. The molecule has 0 aromatic heterocycles. The average molecular weight is 292 g/mol. The van der Waals surface area contributed by atoms with Crippen LogP contribution in [0.15, 0.2) is 0 Å². The minimum atomic E-state index is -3.28. The second-order valence-electron chi connectivity index (χ2n) is 5.88. The lowest BCUT2D eigenvalue weighted by Gasteiger charge is -2.43. The third-order valence-corrected chi connectivity index (χ3v) is 5.97. The van der Waals surface area contributed by atoms with Gasteiger partial charge >= 0.3 is 0 Å². The maximum atomic E-state index is 12.7. The Bertz CT molecular complexity index is 404. The van der Waals surface area contributed by atoms with Gasteiger partial charge < -0.3 is 15.2 Å². The molecule has 2 aliphatic heterocycles. The summed E-state index contributed by atoms with van der Waals surface area (Å²) in [5.41, 5.74) is 5.16. The Kier molecular flexibility index (Phi) is 4.52. The molecule has 2 N–H and O–H groups in total. The van der Waals surface area contributed by atoms with Gasteiger partial charge in [0.15, 0.2) is 0 Å². The first-order valence-corrected chi connectivity index (χ1v) is 8.30. The van der Waals surface area contributed by atoms with Gasteiger partial charge in [0, 0.05) is 32.8 Å². The summed E-state index contributed by atoms with van der Waals surface area (Å²) in [4.78, 5) is 0. The van der Waals surface area contributed by atoms with Crippen molar-refractivity contribution < 1.29 is 17.9 Å². The summed E-state index contributed by atoms with van der Waals surface area (Å²) in [5.74, 6) is 0. The highest BCUT2D eigenvalue weighted by molar-refractivity contribution is 7.89. The van der Waals surface area contributed by atoms with Gasteiger partial charge in [-0.3, -0.25) is 0 Å². The molecule has 1 unspecified atom stereocenters. The second kappa shape index (κ2) is 5.65. The maximum absolute atomic E-state index is 12.7. The van der Waals surface area contributed by atoms with Crippen LogP contribution < -0.4 is 5.73 Å². The molecule has 0 aromatic rings. The van der Waals surface area contributed by atoms with Crippen LogP contribution in [0.3, 0.4) is 0 Å². The Labute approximate surface area is 115 Å². The number of hydrogen-bond acceptors (Lipinski definition) is 5. The van der Waals surface area contributed by atoms with E-state index < -0.39 is 15.6 Å². The molecule has 2 heterocycles. The topological polar surface area (TPSA) is 81.9 Å². The summed E-state index contributed by atoms with van der Waals surface area (Å²) in [5, 5.41) is -0.325. The summed E-state index contributed by atoms with van der Waals surface area (Å²) in [6.45, 7) is 5.95. The molecule has 2 rings (SSSR count).